The van der Waals surface area contributed by atoms with Crippen molar-refractivity contribution in [3.63, 3.8) is 0 Å². The lowest BCUT2D eigenvalue weighted by molar-refractivity contribution is -0.134. The highest BCUT2D eigenvalue weighted by molar-refractivity contribution is 6.20. The predicted octanol–water partition coefficient (Wildman–Crippen LogP) is 5.31. The summed E-state index contributed by atoms with van der Waals surface area (Å²) >= 11 is 0. The lowest BCUT2D eigenvalue weighted by Gasteiger charge is -2.39. The first-order valence-electron chi connectivity index (χ1n) is 15.9. The molecule has 3 aromatic carbocycles. The van der Waals surface area contributed by atoms with E-state index in [4.69, 9.17) is 0 Å². The van der Waals surface area contributed by atoms with Crippen molar-refractivity contribution >= 4 is 34.2 Å². The van der Waals surface area contributed by atoms with Crippen LogP contribution in [0, 0.1) is 11.3 Å². The van der Waals surface area contributed by atoms with Gasteiger partial charge < -0.3 is 9.88 Å². The van der Waals surface area contributed by atoms with Gasteiger partial charge in [0.2, 0.25) is 11.8 Å². The first kappa shape index (κ1) is 29.0. The molecular weight excluding hydrogens is 562 g/mol. The van der Waals surface area contributed by atoms with Crippen molar-refractivity contribution < 1.29 is 14.4 Å². The summed E-state index contributed by atoms with van der Waals surface area (Å²) in [5.74, 6) is -0.644. The number of nitrogens with zero attached hydrogens (tertiary/aromatic N) is 3. The van der Waals surface area contributed by atoms with E-state index in [9.17, 15) is 19.6 Å². The number of aromatic amines is 1. The van der Waals surface area contributed by atoms with Crippen LogP contribution in [0.2, 0.25) is 0 Å². The molecule has 2 fully saturated rings. The maximum atomic E-state index is 14.0. The quantitative estimate of drug-likeness (QED) is 0.301. The van der Waals surface area contributed by atoms with E-state index < -0.39 is 5.41 Å². The highest BCUT2D eigenvalue weighted by Crippen LogP contribution is 2.46. The van der Waals surface area contributed by atoms with E-state index in [2.05, 4.69) is 65.1 Å². The first-order valence-corrected chi connectivity index (χ1v) is 15.9. The number of aryl methyl sites for hydroxylation is 1. The minimum atomic E-state index is -0.424. The Morgan fingerprint density at radius 1 is 0.978 bits per heavy atom. The van der Waals surface area contributed by atoms with E-state index in [0.717, 1.165) is 78.0 Å². The second-order valence-corrected chi connectivity index (χ2v) is 13.0. The molecule has 2 amide bonds. The average Bonchev–Trinajstić information content (AvgIpc) is 3.44. The van der Waals surface area contributed by atoms with E-state index in [1.54, 1.807) is 6.07 Å². The van der Waals surface area contributed by atoms with Gasteiger partial charge in [0.15, 0.2) is 5.78 Å². The summed E-state index contributed by atoms with van der Waals surface area (Å²) in [6.07, 6.45) is 1.74. The zero-order valence-corrected chi connectivity index (χ0v) is 26.0. The van der Waals surface area contributed by atoms with Crippen LogP contribution in [0.1, 0.15) is 89.0 Å². The van der Waals surface area contributed by atoms with Gasteiger partial charge in [-0.25, -0.2) is 0 Å². The number of piperazine rings is 1. The fourth-order valence-corrected chi connectivity index (χ4v) is 7.55. The van der Waals surface area contributed by atoms with E-state index in [0.29, 0.717) is 24.0 Å². The monoisotopic (exact) mass is 599 g/mol. The third-order valence-corrected chi connectivity index (χ3v) is 10.1. The Balaban J connectivity index is 1.14. The van der Waals surface area contributed by atoms with Crippen LogP contribution in [-0.4, -0.2) is 53.7 Å². The lowest BCUT2D eigenvalue weighted by atomic mass is 9.70. The summed E-state index contributed by atoms with van der Waals surface area (Å²) in [5.41, 5.74) is 8.89. The Labute approximate surface area is 263 Å². The summed E-state index contributed by atoms with van der Waals surface area (Å²) in [5, 5.41) is 12.8. The minimum absolute atomic E-state index is 0.0380. The smallest absolute Gasteiger partial charge is 0.234 e. The number of hydrogen-bond donors (Lipinski definition) is 2. The molecule has 0 saturated carbocycles. The zero-order valence-electron chi connectivity index (χ0n) is 26.0. The number of amides is 2. The molecule has 0 bridgehead atoms. The molecule has 3 aliphatic rings. The molecule has 0 radical (unpaired) electrons. The van der Waals surface area contributed by atoms with Gasteiger partial charge in [-0.2, -0.15) is 5.26 Å². The molecule has 0 spiro atoms. The van der Waals surface area contributed by atoms with Gasteiger partial charge in [0.25, 0.3) is 0 Å². The molecule has 8 nitrogen and oxygen atoms in total. The van der Waals surface area contributed by atoms with Gasteiger partial charge in [-0.3, -0.25) is 24.6 Å². The molecule has 2 N–H and O–H groups in total. The molecule has 1 unspecified atom stereocenters. The molecule has 1 atom stereocenters. The number of ketones is 1. The molecule has 2 aliphatic heterocycles. The summed E-state index contributed by atoms with van der Waals surface area (Å²) < 4.78 is 0. The van der Waals surface area contributed by atoms with Crippen LogP contribution in [0.5, 0.6) is 0 Å². The molecule has 228 valence electrons. The SMILES string of the molecule is CCc1cc2c(cc1N1CCN(Cc3ccccc3C3CCC(=O)NC3=O)CC1)C(C)(C)c1[nH]c3cc(C#N)ccc3c1C2=O. The van der Waals surface area contributed by atoms with Gasteiger partial charge in [-0.1, -0.05) is 51.1 Å². The van der Waals surface area contributed by atoms with Crippen LogP contribution in [0.3, 0.4) is 0 Å². The van der Waals surface area contributed by atoms with Crippen LogP contribution in [0.4, 0.5) is 5.69 Å². The number of anilines is 1. The largest absolute Gasteiger partial charge is 0.369 e. The van der Waals surface area contributed by atoms with Crippen molar-refractivity contribution in [2.24, 2.45) is 0 Å². The first-order chi connectivity index (χ1) is 21.7. The summed E-state index contributed by atoms with van der Waals surface area (Å²) in [4.78, 5) is 46.8. The van der Waals surface area contributed by atoms with Gasteiger partial charge in [0.1, 0.15) is 0 Å². The molecule has 2 saturated heterocycles. The maximum Gasteiger partial charge on any atom is 0.234 e. The highest BCUT2D eigenvalue weighted by Gasteiger charge is 2.41. The summed E-state index contributed by atoms with van der Waals surface area (Å²) in [6, 6.07) is 20.2. The number of rotatable bonds is 5. The average molecular weight is 600 g/mol. The second-order valence-electron chi connectivity index (χ2n) is 13.0. The second kappa shape index (κ2) is 11.0. The zero-order chi connectivity index (χ0) is 31.5. The van der Waals surface area contributed by atoms with Crippen molar-refractivity contribution in [3.8, 4) is 6.07 Å². The highest BCUT2D eigenvalue weighted by atomic mass is 16.2. The Morgan fingerprint density at radius 3 is 2.49 bits per heavy atom. The number of benzene rings is 3. The number of carbonyl (C=O) groups excluding carboxylic acids is 3. The van der Waals surface area contributed by atoms with Gasteiger partial charge in [0.05, 0.1) is 23.1 Å². The third kappa shape index (κ3) is 4.83. The van der Waals surface area contributed by atoms with Crippen molar-refractivity contribution in [2.75, 3.05) is 31.1 Å². The molecule has 1 aromatic heterocycles. The molecule has 8 heteroatoms. The maximum absolute atomic E-state index is 14.0. The normalized spacial score (nSPS) is 19.6. The van der Waals surface area contributed by atoms with Crippen molar-refractivity contribution in [1.29, 1.82) is 5.26 Å². The molecule has 7 rings (SSSR count). The summed E-state index contributed by atoms with van der Waals surface area (Å²) in [7, 11) is 0. The van der Waals surface area contributed by atoms with Crippen LogP contribution in [0.25, 0.3) is 10.9 Å². The Kier molecular flexibility index (Phi) is 7.09. The molecule has 4 aromatic rings. The lowest BCUT2D eigenvalue weighted by Crippen LogP contribution is -2.46. The van der Waals surface area contributed by atoms with Crippen molar-refractivity contribution in [1.82, 2.24) is 15.2 Å². The number of piperidine rings is 1. The number of carbonyl (C=O) groups is 3. The molecular formula is C37H37N5O3. The van der Waals surface area contributed by atoms with Gasteiger partial charge in [-0.05, 0) is 59.4 Å². The van der Waals surface area contributed by atoms with Crippen molar-refractivity contribution in [3.05, 3.63) is 99.2 Å². The number of fused-ring (bicyclic) bond motifs is 4. The number of nitrogens with one attached hydrogen (secondary N) is 2. The topological polar surface area (TPSA) is 109 Å². The number of nitriles is 1. The number of aromatic nitrogens is 1. The van der Waals surface area contributed by atoms with E-state index in [1.165, 1.54) is 11.3 Å². The standard InChI is InChI=1S/C37H37N5O3/c1-4-23-18-28-29(37(2,3)35-33(34(28)44)27-10-9-22(20-38)17-30(27)39-35)19-31(23)42-15-13-41(14-16-42)21-24-7-5-6-8-25(24)26-11-12-32(43)40-36(26)45/h5-10,17-19,26,39H,4,11-16,21H2,1-3H3,(H,40,43,45). The molecule has 1 aliphatic carbocycles. The fraction of sp³-hybridized carbons (Fsp3) is 0.351. The van der Waals surface area contributed by atoms with Crippen LogP contribution in [0.15, 0.2) is 54.6 Å². The van der Waals surface area contributed by atoms with Gasteiger partial charge >= 0.3 is 0 Å². The van der Waals surface area contributed by atoms with Crippen molar-refractivity contribution in [2.45, 2.75) is 57.9 Å². The fourth-order valence-electron chi connectivity index (χ4n) is 7.55. The van der Waals surface area contributed by atoms with Crippen LogP contribution >= 0.6 is 0 Å². The number of imide groups is 1. The minimum Gasteiger partial charge on any atom is -0.369 e. The van der Waals surface area contributed by atoms with Crippen LogP contribution < -0.4 is 10.2 Å². The van der Waals surface area contributed by atoms with E-state index >= 15 is 0 Å². The Bertz CT molecular complexity index is 1920. The van der Waals surface area contributed by atoms with E-state index in [-0.39, 0.29) is 23.5 Å². The Hall–Kier alpha value is -4.74. The Morgan fingerprint density at radius 2 is 1.76 bits per heavy atom. The predicted molar refractivity (Wildman–Crippen MR) is 173 cm³/mol. The van der Waals surface area contributed by atoms with Gasteiger partial charge in [-0.15, -0.1) is 0 Å². The number of hydrogen-bond acceptors (Lipinski definition) is 6. The van der Waals surface area contributed by atoms with E-state index in [1.807, 2.05) is 30.3 Å². The van der Waals surface area contributed by atoms with Gasteiger partial charge in [0, 0.05) is 72.4 Å². The molecule has 3 heterocycles. The number of H-pyrrole nitrogens is 1. The third-order valence-electron chi connectivity index (χ3n) is 10.1. The molecule has 45 heavy (non-hydrogen) atoms. The van der Waals surface area contributed by atoms with Crippen LogP contribution in [-0.2, 0) is 28.0 Å². The summed E-state index contributed by atoms with van der Waals surface area (Å²) in [6.45, 7) is 10.7.